The van der Waals surface area contributed by atoms with Crippen LogP contribution in [0.15, 0.2) is 12.3 Å². The summed E-state index contributed by atoms with van der Waals surface area (Å²) < 4.78 is 0. The number of aromatic nitrogens is 1. The van der Waals surface area contributed by atoms with Gasteiger partial charge in [-0.1, -0.05) is 0 Å². The van der Waals surface area contributed by atoms with Crippen molar-refractivity contribution in [2.75, 3.05) is 32.5 Å². The topological polar surface area (TPSA) is 124 Å². The van der Waals surface area contributed by atoms with Gasteiger partial charge < -0.3 is 15.5 Å². The molecule has 0 radical (unpaired) electrons. The second-order valence-electron chi connectivity index (χ2n) is 4.01. The molecule has 0 spiro atoms. The first-order valence-electron chi connectivity index (χ1n) is 5.69. The molecule has 0 atom stereocenters. The van der Waals surface area contributed by atoms with Crippen molar-refractivity contribution in [2.45, 2.75) is 0 Å². The van der Waals surface area contributed by atoms with E-state index < -0.39 is 4.92 Å². The fourth-order valence-electron chi connectivity index (χ4n) is 1.29. The first-order chi connectivity index (χ1) is 9.45. The van der Waals surface area contributed by atoms with E-state index in [1.54, 1.807) is 14.1 Å². The summed E-state index contributed by atoms with van der Waals surface area (Å²) in [5, 5.41) is 24.9. The molecule has 1 aromatic rings. The second-order valence-corrected chi connectivity index (χ2v) is 4.01. The van der Waals surface area contributed by atoms with E-state index in [-0.39, 0.29) is 23.1 Å². The molecule has 0 saturated carbocycles. The summed E-state index contributed by atoms with van der Waals surface area (Å²) in [6.45, 7) is 0.680. The average molecular weight is 278 g/mol. The normalized spacial score (nSPS) is 9.45. The van der Waals surface area contributed by atoms with Crippen molar-refractivity contribution in [3.05, 3.63) is 27.9 Å². The molecule has 9 nitrogen and oxygen atoms in total. The van der Waals surface area contributed by atoms with Crippen molar-refractivity contribution in [2.24, 2.45) is 0 Å². The van der Waals surface area contributed by atoms with E-state index in [0.29, 0.717) is 13.1 Å². The molecule has 1 rings (SSSR count). The van der Waals surface area contributed by atoms with Gasteiger partial charge >= 0.3 is 6.03 Å². The maximum Gasteiger partial charge on any atom is 0.316 e. The monoisotopic (exact) mass is 278 g/mol. The molecule has 0 bridgehead atoms. The first-order valence-corrected chi connectivity index (χ1v) is 5.69. The van der Waals surface area contributed by atoms with Crippen LogP contribution in [0.4, 0.5) is 16.3 Å². The third-order valence-electron chi connectivity index (χ3n) is 2.30. The molecule has 2 amide bonds. The van der Waals surface area contributed by atoms with Crippen molar-refractivity contribution >= 4 is 17.5 Å². The van der Waals surface area contributed by atoms with Crippen LogP contribution in [0, 0.1) is 21.4 Å². The number of hydrogen-bond donors (Lipinski definition) is 2. The standard InChI is InChI=1S/C11H14N6O3/c1-16(2)11(18)14-4-3-13-10-8(6-12)5-9(7-15-10)17(19)20/h5,7H,3-4H2,1-2H3,(H,13,15)(H,14,18). The molecule has 0 fully saturated rings. The lowest BCUT2D eigenvalue weighted by Crippen LogP contribution is -2.37. The molecular weight excluding hydrogens is 264 g/mol. The average Bonchev–Trinajstić information content (AvgIpc) is 2.42. The maximum atomic E-state index is 11.2. The Kier molecular flexibility index (Phi) is 5.22. The Morgan fingerprint density at radius 3 is 2.80 bits per heavy atom. The van der Waals surface area contributed by atoms with Crippen LogP contribution in [-0.4, -0.2) is 48.0 Å². The van der Waals surface area contributed by atoms with E-state index >= 15 is 0 Å². The van der Waals surface area contributed by atoms with Gasteiger partial charge in [-0.05, 0) is 0 Å². The third kappa shape index (κ3) is 4.09. The number of nitro groups is 1. The number of carbonyl (C=O) groups is 1. The molecule has 2 N–H and O–H groups in total. The van der Waals surface area contributed by atoms with Crippen molar-refractivity contribution in [3.63, 3.8) is 0 Å². The molecule has 0 saturated heterocycles. The molecule has 1 heterocycles. The minimum absolute atomic E-state index is 0.0816. The van der Waals surface area contributed by atoms with Gasteiger partial charge in [0.05, 0.1) is 4.92 Å². The van der Waals surface area contributed by atoms with Crippen LogP contribution in [0.25, 0.3) is 0 Å². The summed E-state index contributed by atoms with van der Waals surface area (Å²) in [5.41, 5.74) is -0.161. The van der Waals surface area contributed by atoms with Crippen molar-refractivity contribution in [1.82, 2.24) is 15.2 Å². The number of urea groups is 1. The van der Waals surface area contributed by atoms with Gasteiger partial charge in [0.15, 0.2) is 0 Å². The molecule has 0 aliphatic carbocycles. The van der Waals surface area contributed by atoms with Crippen LogP contribution in [0.5, 0.6) is 0 Å². The SMILES string of the molecule is CN(C)C(=O)NCCNc1ncc([N+](=O)[O-])cc1C#N. The number of hydrogen-bond acceptors (Lipinski definition) is 6. The first kappa shape index (κ1) is 15.2. The number of carbonyl (C=O) groups excluding carboxylic acids is 1. The van der Waals surface area contributed by atoms with Gasteiger partial charge in [-0.25, -0.2) is 9.78 Å². The summed E-state index contributed by atoms with van der Waals surface area (Å²) in [5.74, 6) is 0.247. The Hall–Kier alpha value is -2.89. The predicted octanol–water partition coefficient (Wildman–Crippen LogP) is 0.545. The van der Waals surface area contributed by atoms with E-state index in [1.165, 1.54) is 4.90 Å². The lowest BCUT2D eigenvalue weighted by molar-refractivity contribution is -0.385. The van der Waals surface area contributed by atoms with Gasteiger partial charge in [0, 0.05) is 33.3 Å². The Bertz CT molecular complexity index is 552. The van der Waals surface area contributed by atoms with Gasteiger partial charge in [0.2, 0.25) is 0 Å². The van der Waals surface area contributed by atoms with E-state index in [4.69, 9.17) is 5.26 Å². The highest BCUT2D eigenvalue weighted by Crippen LogP contribution is 2.17. The van der Waals surface area contributed by atoms with Crippen LogP contribution in [-0.2, 0) is 0 Å². The molecule has 106 valence electrons. The zero-order valence-electron chi connectivity index (χ0n) is 11.1. The van der Waals surface area contributed by atoms with Crippen LogP contribution in [0.2, 0.25) is 0 Å². The fraction of sp³-hybridized carbons (Fsp3) is 0.364. The number of pyridine rings is 1. The fourth-order valence-corrected chi connectivity index (χ4v) is 1.29. The lowest BCUT2D eigenvalue weighted by atomic mass is 10.2. The number of rotatable bonds is 5. The van der Waals surface area contributed by atoms with E-state index in [0.717, 1.165) is 12.3 Å². The van der Waals surface area contributed by atoms with Crippen LogP contribution < -0.4 is 10.6 Å². The molecule has 0 aromatic carbocycles. The van der Waals surface area contributed by atoms with Crippen LogP contribution >= 0.6 is 0 Å². The van der Waals surface area contributed by atoms with E-state index in [9.17, 15) is 14.9 Å². The van der Waals surface area contributed by atoms with Crippen molar-refractivity contribution in [1.29, 1.82) is 5.26 Å². The quantitative estimate of drug-likeness (QED) is 0.460. The third-order valence-corrected chi connectivity index (χ3v) is 2.30. The molecular formula is C11H14N6O3. The molecule has 9 heteroatoms. The van der Waals surface area contributed by atoms with Crippen molar-refractivity contribution in [3.8, 4) is 6.07 Å². The second kappa shape index (κ2) is 6.89. The van der Waals surface area contributed by atoms with Gasteiger partial charge in [-0.2, -0.15) is 5.26 Å². The number of anilines is 1. The Morgan fingerprint density at radius 2 is 2.25 bits per heavy atom. The van der Waals surface area contributed by atoms with E-state index in [2.05, 4.69) is 15.6 Å². The number of amides is 2. The largest absolute Gasteiger partial charge is 0.367 e. The van der Waals surface area contributed by atoms with E-state index in [1.807, 2.05) is 6.07 Å². The summed E-state index contributed by atoms with van der Waals surface area (Å²) >= 11 is 0. The minimum atomic E-state index is -0.616. The predicted molar refractivity (Wildman–Crippen MR) is 71.2 cm³/mol. The highest BCUT2D eigenvalue weighted by atomic mass is 16.6. The Morgan fingerprint density at radius 1 is 1.55 bits per heavy atom. The van der Waals surface area contributed by atoms with Crippen LogP contribution in [0.1, 0.15) is 5.56 Å². The highest BCUT2D eigenvalue weighted by Gasteiger charge is 2.11. The van der Waals surface area contributed by atoms with Gasteiger partial charge in [0.1, 0.15) is 23.6 Å². The zero-order chi connectivity index (χ0) is 15.1. The van der Waals surface area contributed by atoms with Crippen LogP contribution in [0.3, 0.4) is 0 Å². The Balaban J connectivity index is 2.59. The lowest BCUT2D eigenvalue weighted by Gasteiger charge is -2.12. The molecule has 0 aliphatic heterocycles. The number of nitriles is 1. The summed E-state index contributed by atoms with van der Waals surface area (Å²) in [6.07, 6.45) is 1.07. The molecule has 0 aliphatic rings. The molecule has 0 unspecified atom stereocenters. The smallest absolute Gasteiger partial charge is 0.316 e. The van der Waals surface area contributed by atoms with Gasteiger partial charge in [-0.15, -0.1) is 0 Å². The number of nitrogens with zero attached hydrogens (tertiary/aromatic N) is 4. The summed E-state index contributed by atoms with van der Waals surface area (Å²) in [6, 6.07) is 2.75. The maximum absolute atomic E-state index is 11.2. The minimum Gasteiger partial charge on any atom is -0.367 e. The number of nitrogens with one attached hydrogen (secondary N) is 2. The summed E-state index contributed by atoms with van der Waals surface area (Å²) in [7, 11) is 3.24. The van der Waals surface area contributed by atoms with Gasteiger partial charge in [-0.3, -0.25) is 10.1 Å². The zero-order valence-corrected chi connectivity index (χ0v) is 11.1. The molecule has 20 heavy (non-hydrogen) atoms. The highest BCUT2D eigenvalue weighted by molar-refractivity contribution is 5.73. The summed E-state index contributed by atoms with van der Waals surface area (Å²) in [4.78, 5) is 26.4. The Labute approximate surface area is 115 Å². The van der Waals surface area contributed by atoms with Crippen molar-refractivity contribution < 1.29 is 9.72 Å². The van der Waals surface area contributed by atoms with Gasteiger partial charge in [0.25, 0.3) is 5.69 Å². The molecule has 1 aromatic heterocycles.